The van der Waals surface area contributed by atoms with Crippen molar-refractivity contribution in [3.8, 4) is 11.6 Å². The summed E-state index contributed by atoms with van der Waals surface area (Å²) in [6.07, 6.45) is 0.819. The lowest BCUT2D eigenvalue weighted by Crippen LogP contribution is -2.08. The van der Waals surface area contributed by atoms with Crippen LogP contribution in [0.4, 0.5) is 28.4 Å². The number of alkyl halides is 4. The highest BCUT2D eigenvalue weighted by Gasteiger charge is 2.38. The second-order valence-electron chi connectivity index (χ2n) is 7.69. The Morgan fingerprint density at radius 3 is 2.73 bits per heavy atom. The van der Waals surface area contributed by atoms with Gasteiger partial charge in [-0.25, -0.2) is 14.4 Å². The highest BCUT2D eigenvalue weighted by molar-refractivity contribution is 7.16. The molecule has 9 heteroatoms. The molecular formula is C24H23F4N3OS. The number of anilines is 2. The molecule has 0 fully saturated rings. The lowest BCUT2D eigenvalue weighted by molar-refractivity contribution is -0.140. The molecule has 4 nitrogen and oxygen atoms in total. The fraction of sp³-hybridized carbons (Fsp3) is 0.333. The van der Waals surface area contributed by atoms with E-state index in [1.54, 1.807) is 36.4 Å². The van der Waals surface area contributed by atoms with Crippen LogP contribution < -0.4 is 10.1 Å². The van der Waals surface area contributed by atoms with E-state index in [2.05, 4.69) is 15.3 Å². The standard InChI is InChI=1S/C24H23F4N3OS/c1-2-8-17(25)16-11-5-6-13-19(16)32-22-18(12-7-14-29-22)30-23-31-21(24(26,27)28)20(33-23)15-9-3-4-10-15/h5-7,9,11-14,17H,2-4,8,10H2,1H3,(H,30,31). The van der Waals surface area contributed by atoms with Gasteiger partial charge in [0.05, 0.1) is 4.88 Å². The Kier molecular flexibility index (Phi) is 6.97. The predicted octanol–water partition coefficient (Wildman–Crippen LogP) is 8.47. The average Bonchev–Trinajstić information content (AvgIpc) is 3.45. The number of halogens is 4. The van der Waals surface area contributed by atoms with Crippen molar-refractivity contribution >= 4 is 27.7 Å². The van der Waals surface area contributed by atoms with E-state index in [-0.39, 0.29) is 15.9 Å². The summed E-state index contributed by atoms with van der Waals surface area (Å²) in [7, 11) is 0. The van der Waals surface area contributed by atoms with Gasteiger partial charge in [-0.2, -0.15) is 13.2 Å². The summed E-state index contributed by atoms with van der Waals surface area (Å²) in [5, 5.41) is 3.01. The number of aromatic nitrogens is 2. The number of hydrogen-bond acceptors (Lipinski definition) is 5. The van der Waals surface area contributed by atoms with Gasteiger partial charge in [0.25, 0.3) is 0 Å². The molecule has 0 saturated carbocycles. The molecule has 1 unspecified atom stereocenters. The number of hydrogen-bond donors (Lipinski definition) is 1. The van der Waals surface area contributed by atoms with Crippen molar-refractivity contribution < 1.29 is 22.3 Å². The molecule has 3 aromatic rings. The fourth-order valence-corrected chi connectivity index (χ4v) is 4.75. The van der Waals surface area contributed by atoms with E-state index in [4.69, 9.17) is 4.74 Å². The van der Waals surface area contributed by atoms with Crippen LogP contribution in [0.3, 0.4) is 0 Å². The molecule has 1 N–H and O–H groups in total. The van der Waals surface area contributed by atoms with Crippen molar-refractivity contribution in [3.63, 3.8) is 0 Å². The second kappa shape index (κ2) is 9.91. The van der Waals surface area contributed by atoms with Crippen LogP contribution in [-0.4, -0.2) is 9.97 Å². The smallest absolute Gasteiger partial charge is 0.434 e. The zero-order valence-corrected chi connectivity index (χ0v) is 18.8. The van der Waals surface area contributed by atoms with E-state index in [1.165, 1.54) is 6.20 Å². The molecule has 0 aliphatic heterocycles. The molecule has 0 spiro atoms. The van der Waals surface area contributed by atoms with E-state index in [0.717, 1.165) is 24.2 Å². The third kappa shape index (κ3) is 5.35. The van der Waals surface area contributed by atoms with Crippen LogP contribution in [0.25, 0.3) is 5.57 Å². The number of benzene rings is 1. The Morgan fingerprint density at radius 1 is 1.18 bits per heavy atom. The molecule has 0 bridgehead atoms. The number of rotatable bonds is 8. The summed E-state index contributed by atoms with van der Waals surface area (Å²) >= 11 is 0.954. The second-order valence-corrected chi connectivity index (χ2v) is 8.69. The van der Waals surface area contributed by atoms with Crippen LogP contribution in [0.15, 0.2) is 48.7 Å². The summed E-state index contributed by atoms with van der Waals surface area (Å²) in [4.78, 5) is 8.18. The van der Waals surface area contributed by atoms with Gasteiger partial charge in [0.15, 0.2) is 10.8 Å². The zero-order valence-electron chi connectivity index (χ0n) is 18.0. The van der Waals surface area contributed by atoms with Gasteiger partial charge in [-0.15, -0.1) is 0 Å². The molecule has 1 aliphatic carbocycles. The molecule has 4 rings (SSSR count). The molecule has 33 heavy (non-hydrogen) atoms. The molecule has 1 aromatic carbocycles. The van der Waals surface area contributed by atoms with E-state index in [1.807, 2.05) is 13.0 Å². The van der Waals surface area contributed by atoms with Crippen molar-refractivity contribution in [1.82, 2.24) is 9.97 Å². The van der Waals surface area contributed by atoms with Gasteiger partial charge < -0.3 is 10.1 Å². The van der Waals surface area contributed by atoms with Crippen molar-refractivity contribution in [3.05, 3.63) is 64.8 Å². The summed E-state index contributed by atoms with van der Waals surface area (Å²) in [6.45, 7) is 1.90. The fourth-order valence-electron chi connectivity index (χ4n) is 3.69. The average molecular weight is 478 g/mol. The van der Waals surface area contributed by atoms with Gasteiger partial charge in [-0.05, 0) is 49.5 Å². The first-order valence-corrected chi connectivity index (χ1v) is 11.6. The van der Waals surface area contributed by atoms with Gasteiger partial charge in [0.2, 0.25) is 5.88 Å². The molecule has 2 heterocycles. The Balaban J connectivity index is 1.64. The van der Waals surface area contributed by atoms with E-state index < -0.39 is 18.0 Å². The molecule has 2 aromatic heterocycles. The van der Waals surface area contributed by atoms with Crippen LogP contribution in [0.1, 0.15) is 61.3 Å². The third-order valence-corrected chi connectivity index (χ3v) is 6.29. The first kappa shape index (κ1) is 23.2. The number of pyridine rings is 1. The van der Waals surface area contributed by atoms with Crippen molar-refractivity contribution in [2.24, 2.45) is 0 Å². The monoisotopic (exact) mass is 477 g/mol. The maximum absolute atomic E-state index is 14.6. The van der Waals surface area contributed by atoms with Crippen molar-refractivity contribution in [2.45, 2.75) is 51.4 Å². The van der Waals surface area contributed by atoms with E-state index in [9.17, 15) is 17.6 Å². The molecular weight excluding hydrogens is 454 g/mol. The maximum atomic E-state index is 14.6. The molecule has 1 atom stereocenters. The van der Waals surface area contributed by atoms with E-state index in [0.29, 0.717) is 41.8 Å². The van der Waals surface area contributed by atoms with Crippen LogP contribution in [-0.2, 0) is 6.18 Å². The lowest BCUT2D eigenvalue weighted by atomic mass is 10.1. The zero-order chi connectivity index (χ0) is 23.4. The number of thiazole rings is 1. The van der Waals surface area contributed by atoms with Gasteiger partial charge in [0, 0.05) is 11.8 Å². The highest BCUT2D eigenvalue weighted by atomic mass is 32.1. The van der Waals surface area contributed by atoms with Gasteiger partial charge >= 0.3 is 6.18 Å². The SMILES string of the molecule is CCCC(F)c1ccccc1Oc1ncccc1Nc1nc(C(F)(F)F)c(C2=CCCC2)s1. The third-order valence-electron chi connectivity index (χ3n) is 5.25. The predicted molar refractivity (Wildman–Crippen MR) is 122 cm³/mol. The number of ether oxygens (including phenoxy) is 1. The summed E-state index contributed by atoms with van der Waals surface area (Å²) in [6, 6.07) is 10.0. The van der Waals surface area contributed by atoms with Gasteiger partial charge in [0.1, 0.15) is 17.6 Å². The van der Waals surface area contributed by atoms with Crippen LogP contribution in [0.5, 0.6) is 11.6 Å². The number of allylic oxidation sites excluding steroid dienone is 2. The van der Waals surface area contributed by atoms with Crippen LogP contribution in [0.2, 0.25) is 0 Å². The van der Waals surface area contributed by atoms with Gasteiger partial charge in [-0.1, -0.05) is 49.0 Å². The number of para-hydroxylation sites is 1. The highest BCUT2D eigenvalue weighted by Crippen LogP contribution is 2.44. The minimum absolute atomic E-state index is 0.0885. The van der Waals surface area contributed by atoms with Crippen LogP contribution in [0, 0.1) is 0 Å². The first-order valence-electron chi connectivity index (χ1n) is 10.8. The number of nitrogens with zero attached hydrogens (tertiary/aromatic N) is 2. The number of nitrogens with one attached hydrogen (secondary N) is 1. The van der Waals surface area contributed by atoms with Crippen molar-refractivity contribution in [1.29, 1.82) is 0 Å². The minimum atomic E-state index is -4.56. The van der Waals surface area contributed by atoms with E-state index >= 15 is 0 Å². The largest absolute Gasteiger partial charge is 0.437 e. The Morgan fingerprint density at radius 2 is 2.00 bits per heavy atom. The lowest BCUT2D eigenvalue weighted by Gasteiger charge is -2.15. The Bertz CT molecular complexity index is 1140. The Hall–Kier alpha value is -2.94. The van der Waals surface area contributed by atoms with Crippen LogP contribution >= 0.6 is 11.3 Å². The summed E-state index contributed by atoms with van der Waals surface area (Å²) < 4.78 is 61.4. The van der Waals surface area contributed by atoms with Gasteiger partial charge in [-0.3, -0.25) is 0 Å². The quantitative estimate of drug-likeness (QED) is 0.331. The summed E-state index contributed by atoms with van der Waals surface area (Å²) in [5.41, 5.74) is 0.529. The summed E-state index contributed by atoms with van der Waals surface area (Å²) in [5.74, 6) is 0.436. The maximum Gasteiger partial charge on any atom is 0.434 e. The normalized spacial score (nSPS) is 14.8. The molecule has 0 radical (unpaired) electrons. The Labute approximate surface area is 193 Å². The molecule has 0 saturated heterocycles. The topological polar surface area (TPSA) is 47.0 Å². The molecule has 1 aliphatic rings. The molecule has 174 valence electrons. The molecule has 0 amide bonds. The minimum Gasteiger partial charge on any atom is -0.437 e. The van der Waals surface area contributed by atoms with Crippen molar-refractivity contribution in [2.75, 3.05) is 5.32 Å². The first-order chi connectivity index (χ1) is 15.9.